The molecule has 5 rings (SSSR count). The number of halogens is 1. The summed E-state index contributed by atoms with van der Waals surface area (Å²) in [5.41, 5.74) is 3.40. The van der Waals surface area contributed by atoms with Crippen LogP contribution >= 0.6 is 11.6 Å². The highest BCUT2D eigenvalue weighted by Gasteiger charge is 2.35. The van der Waals surface area contributed by atoms with Gasteiger partial charge in [-0.3, -0.25) is 9.59 Å². The Morgan fingerprint density at radius 1 is 1.03 bits per heavy atom. The van der Waals surface area contributed by atoms with Crippen molar-refractivity contribution in [2.75, 3.05) is 16.3 Å². The zero-order valence-corrected chi connectivity index (χ0v) is 20.5. The van der Waals surface area contributed by atoms with Crippen LogP contribution in [0.2, 0.25) is 5.02 Å². The van der Waals surface area contributed by atoms with Gasteiger partial charge < -0.3 is 14.4 Å². The van der Waals surface area contributed by atoms with Gasteiger partial charge in [0, 0.05) is 41.3 Å². The van der Waals surface area contributed by atoms with E-state index in [2.05, 4.69) is 0 Å². The molecule has 1 saturated heterocycles. The van der Waals surface area contributed by atoms with Crippen molar-refractivity contribution in [2.24, 2.45) is 0 Å². The third-order valence-corrected chi connectivity index (χ3v) is 6.68. The summed E-state index contributed by atoms with van der Waals surface area (Å²) >= 11 is 6.03. The summed E-state index contributed by atoms with van der Waals surface area (Å²) in [6.07, 6.45) is 0.340. The molecule has 178 valence electrons. The third kappa shape index (κ3) is 4.54. The first-order valence-corrected chi connectivity index (χ1v) is 12.2. The van der Waals surface area contributed by atoms with Gasteiger partial charge in [0.05, 0.1) is 11.0 Å². The lowest BCUT2D eigenvalue weighted by Gasteiger charge is -2.27. The van der Waals surface area contributed by atoms with E-state index in [1.807, 2.05) is 90.0 Å². The van der Waals surface area contributed by atoms with Gasteiger partial charge in [-0.1, -0.05) is 41.9 Å². The second-order valence-corrected chi connectivity index (χ2v) is 9.56. The van der Waals surface area contributed by atoms with Gasteiger partial charge in [0.2, 0.25) is 11.8 Å². The van der Waals surface area contributed by atoms with E-state index in [0.29, 0.717) is 18.0 Å². The lowest BCUT2D eigenvalue weighted by atomic mass is 10.1. The minimum atomic E-state index is -0.123. The van der Waals surface area contributed by atoms with E-state index in [4.69, 9.17) is 16.6 Å². The Balaban J connectivity index is 1.49. The average Bonchev–Trinajstić information content (AvgIpc) is 3.41. The number of para-hydroxylation sites is 3. The first-order valence-electron chi connectivity index (χ1n) is 11.8. The Kier molecular flexibility index (Phi) is 6.31. The Morgan fingerprint density at radius 2 is 1.71 bits per heavy atom. The smallest absolute Gasteiger partial charge is 0.247 e. The van der Waals surface area contributed by atoms with Crippen LogP contribution in [-0.4, -0.2) is 34.0 Å². The maximum atomic E-state index is 13.6. The maximum absolute atomic E-state index is 13.6. The predicted molar refractivity (Wildman–Crippen MR) is 140 cm³/mol. The number of hydrogen-bond acceptors (Lipinski definition) is 3. The summed E-state index contributed by atoms with van der Waals surface area (Å²) < 4.78 is 1.99. The SMILES string of the molecule is CC(C)N(C(=O)Cn1c([C@H]2CC(=O)N(c3ccc(Cl)cc3)C2)nc2ccccc21)c1ccccc1. The summed E-state index contributed by atoms with van der Waals surface area (Å²) in [6, 6.07) is 24.8. The lowest BCUT2D eigenvalue weighted by Crippen LogP contribution is -2.39. The molecule has 1 aromatic heterocycles. The average molecular weight is 487 g/mol. The van der Waals surface area contributed by atoms with E-state index >= 15 is 0 Å². The van der Waals surface area contributed by atoms with Crippen molar-refractivity contribution in [2.45, 2.75) is 38.8 Å². The number of hydrogen-bond donors (Lipinski definition) is 0. The maximum Gasteiger partial charge on any atom is 0.247 e. The van der Waals surface area contributed by atoms with E-state index < -0.39 is 0 Å². The number of imidazole rings is 1. The van der Waals surface area contributed by atoms with Crippen LogP contribution in [0.3, 0.4) is 0 Å². The van der Waals surface area contributed by atoms with E-state index in [1.165, 1.54) is 0 Å². The lowest BCUT2D eigenvalue weighted by molar-refractivity contribution is -0.119. The number of aromatic nitrogens is 2. The Labute approximate surface area is 209 Å². The molecule has 3 aromatic carbocycles. The molecule has 0 aliphatic carbocycles. The number of rotatable bonds is 6. The van der Waals surface area contributed by atoms with Crippen LogP contribution in [0.4, 0.5) is 11.4 Å². The van der Waals surface area contributed by atoms with Crippen LogP contribution in [0.5, 0.6) is 0 Å². The van der Waals surface area contributed by atoms with Gasteiger partial charge in [0.15, 0.2) is 0 Å². The monoisotopic (exact) mass is 486 g/mol. The molecular weight excluding hydrogens is 460 g/mol. The van der Waals surface area contributed by atoms with Gasteiger partial charge in [0.25, 0.3) is 0 Å². The van der Waals surface area contributed by atoms with E-state index in [9.17, 15) is 9.59 Å². The van der Waals surface area contributed by atoms with Crippen molar-refractivity contribution in [1.29, 1.82) is 0 Å². The fourth-order valence-corrected chi connectivity index (χ4v) is 4.98. The molecule has 0 saturated carbocycles. The zero-order chi connectivity index (χ0) is 24.5. The van der Waals surface area contributed by atoms with Gasteiger partial charge in [-0.15, -0.1) is 0 Å². The fraction of sp³-hybridized carbons (Fsp3) is 0.250. The summed E-state index contributed by atoms with van der Waals surface area (Å²) in [5, 5.41) is 0.630. The predicted octanol–water partition coefficient (Wildman–Crippen LogP) is 5.65. The second kappa shape index (κ2) is 9.55. The van der Waals surface area contributed by atoms with Crippen molar-refractivity contribution in [3.63, 3.8) is 0 Å². The van der Waals surface area contributed by atoms with Gasteiger partial charge in [-0.2, -0.15) is 0 Å². The molecule has 1 aliphatic heterocycles. The molecule has 4 aromatic rings. The molecular formula is C28H27ClN4O2. The molecule has 2 heterocycles. The first kappa shape index (κ1) is 23.1. The van der Waals surface area contributed by atoms with Gasteiger partial charge in [0.1, 0.15) is 12.4 Å². The molecule has 0 spiro atoms. The van der Waals surface area contributed by atoms with Crippen LogP contribution in [0, 0.1) is 0 Å². The summed E-state index contributed by atoms with van der Waals surface area (Å²) in [4.78, 5) is 35.1. The normalized spacial score (nSPS) is 15.8. The number of amides is 2. The highest BCUT2D eigenvalue weighted by atomic mass is 35.5. The third-order valence-electron chi connectivity index (χ3n) is 6.43. The number of fused-ring (bicyclic) bond motifs is 1. The molecule has 1 fully saturated rings. The zero-order valence-electron chi connectivity index (χ0n) is 19.8. The number of nitrogens with zero attached hydrogens (tertiary/aromatic N) is 4. The minimum absolute atomic E-state index is 0.00316. The molecule has 0 unspecified atom stereocenters. The Hall–Kier alpha value is -3.64. The molecule has 1 atom stereocenters. The second-order valence-electron chi connectivity index (χ2n) is 9.12. The van der Waals surface area contributed by atoms with Crippen LogP contribution < -0.4 is 9.80 Å². The van der Waals surface area contributed by atoms with E-state index in [1.54, 1.807) is 17.0 Å². The van der Waals surface area contributed by atoms with Crippen LogP contribution in [0.25, 0.3) is 11.0 Å². The van der Waals surface area contributed by atoms with Crippen molar-refractivity contribution in [1.82, 2.24) is 9.55 Å². The molecule has 0 N–H and O–H groups in total. The van der Waals surface area contributed by atoms with Gasteiger partial charge in [-0.25, -0.2) is 4.98 Å². The van der Waals surface area contributed by atoms with Gasteiger partial charge >= 0.3 is 0 Å². The molecule has 2 amide bonds. The summed E-state index contributed by atoms with van der Waals surface area (Å²) in [5.74, 6) is 0.661. The highest BCUT2D eigenvalue weighted by molar-refractivity contribution is 6.30. The van der Waals surface area contributed by atoms with Crippen LogP contribution in [0.15, 0.2) is 78.9 Å². The van der Waals surface area contributed by atoms with Crippen molar-refractivity contribution < 1.29 is 9.59 Å². The topological polar surface area (TPSA) is 58.4 Å². The summed E-state index contributed by atoms with van der Waals surface area (Å²) in [6.45, 7) is 4.67. The molecule has 6 nitrogen and oxygen atoms in total. The fourth-order valence-electron chi connectivity index (χ4n) is 4.85. The van der Waals surface area contributed by atoms with Crippen molar-refractivity contribution in [3.8, 4) is 0 Å². The minimum Gasteiger partial charge on any atom is -0.318 e. The molecule has 35 heavy (non-hydrogen) atoms. The van der Waals surface area contributed by atoms with Crippen LogP contribution in [-0.2, 0) is 16.1 Å². The standard InChI is InChI=1S/C28H27ClN4O2/c1-19(2)33(23-8-4-3-5-9-23)27(35)18-32-25-11-7-6-10-24(25)30-28(32)20-16-26(34)31(17-20)22-14-12-21(29)13-15-22/h3-15,19-20H,16-18H2,1-2H3/t20-/m0/s1. The Bertz CT molecular complexity index is 1370. The van der Waals surface area contributed by atoms with Gasteiger partial charge in [-0.05, 0) is 62.4 Å². The van der Waals surface area contributed by atoms with E-state index in [0.717, 1.165) is 28.2 Å². The number of carbonyl (C=O) groups is 2. The molecule has 0 radical (unpaired) electrons. The molecule has 1 aliphatic rings. The van der Waals surface area contributed by atoms with Crippen molar-refractivity contribution in [3.05, 3.63) is 89.7 Å². The number of benzene rings is 3. The van der Waals surface area contributed by atoms with E-state index in [-0.39, 0.29) is 30.3 Å². The number of anilines is 2. The van der Waals surface area contributed by atoms with Crippen molar-refractivity contribution >= 4 is 45.8 Å². The number of carbonyl (C=O) groups excluding carboxylic acids is 2. The Morgan fingerprint density at radius 3 is 2.43 bits per heavy atom. The quantitative estimate of drug-likeness (QED) is 0.354. The summed E-state index contributed by atoms with van der Waals surface area (Å²) in [7, 11) is 0. The highest BCUT2D eigenvalue weighted by Crippen LogP contribution is 2.34. The molecule has 7 heteroatoms. The largest absolute Gasteiger partial charge is 0.318 e. The molecule has 0 bridgehead atoms. The first-order chi connectivity index (χ1) is 16.9. The van der Waals surface area contributed by atoms with Crippen LogP contribution in [0.1, 0.15) is 32.0 Å².